The molecule has 4 rings (SSSR count). The summed E-state index contributed by atoms with van der Waals surface area (Å²) in [5.41, 5.74) is 1.01. The van der Waals surface area contributed by atoms with Crippen molar-refractivity contribution in [2.75, 3.05) is 32.7 Å². The van der Waals surface area contributed by atoms with Gasteiger partial charge < -0.3 is 9.64 Å². The number of likely N-dealkylation sites (tertiary alicyclic amines) is 1. The third-order valence-electron chi connectivity index (χ3n) is 6.21. The highest BCUT2D eigenvalue weighted by molar-refractivity contribution is 5.78. The van der Waals surface area contributed by atoms with Gasteiger partial charge in [-0.2, -0.15) is 0 Å². The quantitative estimate of drug-likeness (QED) is 0.783. The Balaban J connectivity index is 1.39. The summed E-state index contributed by atoms with van der Waals surface area (Å²) in [6, 6.07) is 1.73. The van der Waals surface area contributed by atoms with Gasteiger partial charge in [-0.1, -0.05) is 6.42 Å². The van der Waals surface area contributed by atoms with Crippen molar-refractivity contribution in [2.24, 2.45) is 0 Å². The van der Waals surface area contributed by atoms with E-state index in [1.807, 2.05) is 23.3 Å². The fourth-order valence-corrected chi connectivity index (χ4v) is 4.83. The van der Waals surface area contributed by atoms with Crippen molar-refractivity contribution < 1.29 is 9.53 Å². The second kappa shape index (κ2) is 8.33. The Morgan fingerprint density at radius 2 is 1.93 bits per heavy atom. The predicted molar refractivity (Wildman–Crippen MR) is 106 cm³/mol. The number of hydrogen-bond donors (Lipinski definition) is 0. The van der Waals surface area contributed by atoms with E-state index in [0.717, 1.165) is 63.3 Å². The molecule has 0 spiro atoms. The van der Waals surface area contributed by atoms with E-state index in [-0.39, 0.29) is 29.6 Å². The zero-order valence-corrected chi connectivity index (χ0v) is 17.1. The van der Waals surface area contributed by atoms with Crippen LogP contribution in [0.5, 0.6) is 0 Å². The van der Waals surface area contributed by atoms with Gasteiger partial charge in [-0.05, 0) is 39.7 Å². The molecule has 0 aromatic carbocycles. The van der Waals surface area contributed by atoms with Crippen molar-refractivity contribution in [1.29, 1.82) is 0 Å². The van der Waals surface area contributed by atoms with E-state index in [4.69, 9.17) is 9.72 Å². The van der Waals surface area contributed by atoms with Crippen LogP contribution in [0.3, 0.4) is 0 Å². The summed E-state index contributed by atoms with van der Waals surface area (Å²) >= 11 is 0. The molecule has 1 amide bonds. The Morgan fingerprint density at radius 1 is 1.14 bits per heavy atom. The number of carbonyl (C=O) groups is 1. The van der Waals surface area contributed by atoms with Crippen molar-refractivity contribution in [3.05, 3.63) is 27.9 Å². The van der Waals surface area contributed by atoms with Crippen LogP contribution in [-0.2, 0) is 22.5 Å². The topological polar surface area (TPSA) is 67.7 Å². The lowest BCUT2D eigenvalue weighted by molar-refractivity contribution is -0.144. The van der Waals surface area contributed by atoms with Gasteiger partial charge in [-0.15, -0.1) is 0 Å². The molecule has 0 N–H and O–H groups in total. The first-order chi connectivity index (χ1) is 13.5. The van der Waals surface area contributed by atoms with E-state index < -0.39 is 0 Å². The number of ether oxygens (including phenoxy) is 1. The smallest absolute Gasteiger partial charge is 0.253 e. The number of aryl methyl sites for hydroxylation is 1. The Kier molecular flexibility index (Phi) is 5.83. The van der Waals surface area contributed by atoms with E-state index in [1.54, 1.807) is 6.07 Å². The molecule has 28 heavy (non-hydrogen) atoms. The number of carbonyl (C=O) groups excluding carboxylic acids is 1. The molecular weight excluding hydrogens is 356 g/mol. The van der Waals surface area contributed by atoms with Gasteiger partial charge in [0, 0.05) is 44.6 Å². The Labute approximate surface area is 166 Å². The summed E-state index contributed by atoms with van der Waals surface area (Å²) in [6.07, 6.45) is 5.37. The highest BCUT2D eigenvalue weighted by Crippen LogP contribution is 2.26. The van der Waals surface area contributed by atoms with Gasteiger partial charge in [0.15, 0.2) is 0 Å². The van der Waals surface area contributed by atoms with Crippen LogP contribution in [0, 0.1) is 0 Å². The molecule has 2 fully saturated rings. The van der Waals surface area contributed by atoms with E-state index in [9.17, 15) is 9.59 Å². The molecule has 0 radical (unpaired) electrons. The molecule has 0 saturated carbocycles. The third-order valence-corrected chi connectivity index (χ3v) is 6.21. The van der Waals surface area contributed by atoms with Gasteiger partial charge in [0.1, 0.15) is 5.82 Å². The number of nitrogens with zero attached hydrogens (tertiary/aromatic N) is 4. The summed E-state index contributed by atoms with van der Waals surface area (Å²) in [6.45, 7) is 8.30. The molecule has 3 atom stereocenters. The lowest BCUT2D eigenvalue weighted by Crippen LogP contribution is -2.50. The molecule has 0 aliphatic carbocycles. The summed E-state index contributed by atoms with van der Waals surface area (Å²) in [5.74, 6) is 1.38. The second-order valence-corrected chi connectivity index (χ2v) is 8.67. The molecule has 7 heteroatoms. The predicted octanol–water partition coefficient (Wildman–Crippen LogP) is 1.39. The summed E-state index contributed by atoms with van der Waals surface area (Å²) in [7, 11) is 0. The molecule has 7 nitrogen and oxygen atoms in total. The van der Waals surface area contributed by atoms with Crippen molar-refractivity contribution in [3.8, 4) is 0 Å². The Bertz CT molecular complexity index is 767. The van der Waals surface area contributed by atoms with Crippen molar-refractivity contribution in [3.63, 3.8) is 0 Å². The van der Waals surface area contributed by atoms with Crippen LogP contribution < -0.4 is 5.56 Å². The Morgan fingerprint density at radius 3 is 2.71 bits per heavy atom. The maximum Gasteiger partial charge on any atom is 0.253 e. The van der Waals surface area contributed by atoms with Gasteiger partial charge in [-0.3, -0.25) is 19.1 Å². The van der Waals surface area contributed by atoms with Crippen LogP contribution in [-0.4, -0.2) is 70.2 Å². The molecule has 2 saturated heterocycles. The zero-order chi connectivity index (χ0) is 19.7. The summed E-state index contributed by atoms with van der Waals surface area (Å²) in [4.78, 5) is 34.3. The van der Waals surface area contributed by atoms with Gasteiger partial charge in [0.25, 0.3) is 5.56 Å². The van der Waals surface area contributed by atoms with Crippen LogP contribution in [0.25, 0.3) is 0 Å². The Hall–Kier alpha value is -1.73. The minimum absolute atomic E-state index is 0.0905. The van der Waals surface area contributed by atoms with Crippen LogP contribution in [0.15, 0.2) is 10.9 Å². The van der Waals surface area contributed by atoms with Gasteiger partial charge in [-0.25, -0.2) is 4.98 Å². The molecule has 1 aromatic rings. The van der Waals surface area contributed by atoms with Gasteiger partial charge >= 0.3 is 0 Å². The van der Waals surface area contributed by atoms with E-state index in [0.29, 0.717) is 19.6 Å². The first-order valence-corrected chi connectivity index (χ1v) is 10.8. The number of fused-ring (bicyclic) bond motifs is 1. The van der Waals surface area contributed by atoms with E-state index in [1.165, 1.54) is 0 Å². The highest BCUT2D eigenvalue weighted by atomic mass is 16.5. The number of hydrogen-bond acceptors (Lipinski definition) is 5. The van der Waals surface area contributed by atoms with Crippen LogP contribution in [0.1, 0.15) is 57.0 Å². The number of amides is 1. The zero-order valence-electron chi connectivity index (χ0n) is 17.1. The molecule has 0 bridgehead atoms. The van der Waals surface area contributed by atoms with E-state index >= 15 is 0 Å². The van der Waals surface area contributed by atoms with Gasteiger partial charge in [0.2, 0.25) is 5.91 Å². The maximum atomic E-state index is 12.7. The summed E-state index contributed by atoms with van der Waals surface area (Å²) < 4.78 is 7.58. The normalized spacial score (nSPS) is 28.8. The molecule has 1 aromatic heterocycles. The van der Waals surface area contributed by atoms with Crippen molar-refractivity contribution in [2.45, 2.75) is 70.6 Å². The number of morpholine rings is 1. The van der Waals surface area contributed by atoms with Crippen LogP contribution in [0.2, 0.25) is 0 Å². The number of rotatable bonds is 3. The lowest BCUT2D eigenvalue weighted by atomic mass is 10.0. The third kappa shape index (κ3) is 4.30. The first-order valence-electron chi connectivity index (χ1n) is 10.8. The average molecular weight is 389 g/mol. The van der Waals surface area contributed by atoms with Crippen LogP contribution >= 0.6 is 0 Å². The monoisotopic (exact) mass is 388 g/mol. The lowest BCUT2D eigenvalue weighted by Gasteiger charge is -2.36. The molecule has 3 aliphatic heterocycles. The SMILES string of the molecule is CC1CN(C(=O)CN2CCC(c3cc(=O)n4c(n3)CCCCC4)C2)CC(C)O1. The molecular formula is C21H32N4O3. The molecule has 4 heterocycles. The second-order valence-electron chi connectivity index (χ2n) is 8.67. The minimum Gasteiger partial charge on any atom is -0.372 e. The fourth-order valence-electron chi connectivity index (χ4n) is 4.83. The first kappa shape index (κ1) is 19.6. The van der Waals surface area contributed by atoms with Gasteiger partial charge in [0.05, 0.1) is 24.4 Å². The maximum absolute atomic E-state index is 12.7. The number of aromatic nitrogens is 2. The fraction of sp³-hybridized carbons (Fsp3) is 0.762. The van der Waals surface area contributed by atoms with Crippen LogP contribution in [0.4, 0.5) is 0 Å². The molecule has 3 aliphatic rings. The highest BCUT2D eigenvalue weighted by Gasteiger charge is 2.31. The largest absolute Gasteiger partial charge is 0.372 e. The molecule has 3 unspecified atom stereocenters. The summed E-state index contributed by atoms with van der Waals surface area (Å²) in [5, 5.41) is 0. The minimum atomic E-state index is 0.0905. The molecule has 154 valence electrons. The van der Waals surface area contributed by atoms with Crippen molar-refractivity contribution in [1.82, 2.24) is 19.4 Å². The average Bonchev–Trinajstić information content (AvgIpc) is 2.97. The standard InChI is InChI=1S/C21H32N4O3/c1-15-11-24(12-16(2)28-15)21(27)14-23-9-7-17(13-23)18-10-20(26)25-8-5-3-4-6-19(25)22-18/h10,15-17H,3-9,11-14H2,1-2H3. The van der Waals surface area contributed by atoms with Crippen molar-refractivity contribution >= 4 is 5.91 Å². The van der Waals surface area contributed by atoms with E-state index in [2.05, 4.69) is 4.90 Å².